The van der Waals surface area contributed by atoms with E-state index in [4.69, 9.17) is 70.2 Å². The summed E-state index contributed by atoms with van der Waals surface area (Å²) in [6.45, 7) is 0. The van der Waals surface area contributed by atoms with Crippen molar-refractivity contribution in [2.24, 2.45) is 0 Å². The number of aromatic nitrogens is 2. The first-order valence-corrected chi connectivity index (χ1v) is 6.14. The highest BCUT2D eigenvalue weighted by atomic mass is 35.5. The van der Waals surface area contributed by atoms with E-state index in [1.807, 2.05) is 0 Å². The molecule has 0 aliphatic heterocycles. The molecule has 0 radical (unpaired) electrons. The van der Waals surface area contributed by atoms with Gasteiger partial charge in [-0.2, -0.15) is 5.10 Å². The summed E-state index contributed by atoms with van der Waals surface area (Å²) in [5.41, 5.74) is 0. The first-order chi connectivity index (χ1) is 7.45. The van der Waals surface area contributed by atoms with E-state index < -0.39 is 0 Å². The van der Waals surface area contributed by atoms with Gasteiger partial charge in [-0.15, -0.1) is 0 Å². The van der Waals surface area contributed by atoms with Crippen LogP contribution in [0.15, 0.2) is 0 Å². The minimum absolute atomic E-state index is 0.130. The van der Waals surface area contributed by atoms with Crippen molar-refractivity contribution in [1.29, 1.82) is 0 Å². The summed E-state index contributed by atoms with van der Waals surface area (Å²) in [5, 5.41) is 7.95. The van der Waals surface area contributed by atoms with E-state index in [9.17, 15) is 0 Å². The van der Waals surface area contributed by atoms with Crippen molar-refractivity contribution in [3.63, 3.8) is 0 Å². The van der Waals surface area contributed by atoms with Gasteiger partial charge in [0, 0.05) is 10.8 Å². The SMILES string of the molecule is S=c1[nH]nc(Cl)c2c(Cl)c(Cl)c(Cl)c(Cl)c12. The molecule has 16 heavy (non-hydrogen) atoms. The molecule has 2 nitrogen and oxygen atoms in total. The van der Waals surface area contributed by atoms with Gasteiger partial charge in [0.15, 0.2) is 5.15 Å². The van der Waals surface area contributed by atoms with E-state index in [0.29, 0.717) is 15.4 Å². The number of hydrogen-bond donors (Lipinski definition) is 1. The van der Waals surface area contributed by atoms with Crippen LogP contribution in [0.25, 0.3) is 10.8 Å². The zero-order valence-electron chi connectivity index (χ0n) is 7.25. The first-order valence-electron chi connectivity index (χ1n) is 3.85. The van der Waals surface area contributed by atoms with Gasteiger partial charge in [0.05, 0.1) is 20.1 Å². The molecular weight excluding hydrogens is 333 g/mol. The predicted octanol–water partition coefficient (Wildman–Crippen LogP) is 5.56. The van der Waals surface area contributed by atoms with Crippen molar-refractivity contribution in [1.82, 2.24) is 10.2 Å². The molecule has 1 aromatic carbocycles. The molecule has 1 N–H and O–H groups in total. The number of H-pyrrole nitrogens is 1. The number of nitrogens with zero attached hydrogens (tertiary/aromatic N) is 1. The lowest BCUT2D eigenvalue weighted by atomic mass is 10.2. The fraction of sp³-hybridized carbons (Fsp3) is 0. The van der Waals surface area contributed by atoms with Crippen LogP contribution in [0.3, 0.4) is 0 Å². The summed E-state index contributed by atoms with van der Waals surface area (Å²) in [6.07, 6.45) is 0. The molecule has 0 aliphatic carbocycles. The van der Waals surface area contributed by atoms with Crippen LogP contribution >= 0.6 is 70.2 Å². The maximum absolute atomic E-state index is 6.03. The summed E-state index contributed by atoms with van der Waals surface area (Å²) in [6, 6.07) is 0. The molecule has 0 amide bonds. The van der Waals surface area contributed by atoms with E-state index in [1.54, 1.807) is 0 Å². The third-order valence-corrected chi connectivity index (χ3v) is 4.33. The third kappa shape index (κ3) is 1.80. The molecule has 1 aromatic heterocycles. The number of aromatic amines is 1. The molecule has 0 saturated carbocycles. The summed E-state index contributed by atoms with van der Waals surface area (Å²) in [4.78, 5) is 0. The van der Waals surface area contributed by atoms with Crippen molar-refractivity contribution >= 4 is 81.0 Å². The Morgan fingerprint density at radius 1 is 0.812 bits per heavy atom. The molecule has 0 aliphatic rings. The van der Waals surface area contributed by atoms with Crippen LogP contribution in [0.1, 0.15) is 0 Å². The second-order valence-corrected chi connectivity index (χ2v) is 5.13. The van der Waals surface area contributed by atoms with E-state index in [0.717, 1.165) is 0 Å². The normalized spacial score (nSPS) is 11.1. The van der Waals surface area contributed by atoms with Crippen LogP contribution in [0, 0.1) is 4.64 Å². The summed E-state index contributed by atoms with van der Waals surface area (Å²) >= 11 is 34.8. The van der Waals surface area contributed by atoms with E-state index in [2.05, 4.69) is 10.2 Å². The average Bonchev–Trinajstić information content (AvgIpc) is 2.26. The lowest BCUT2D eigenvalue weighted by Gasteiger charge is -2.08. The first kappa shape index (κ1) is 12.7. The fourth-order valence-corrected chi connectivity index (χ4v) is 2.87. The Bertz CT molecular complexity index is 651. The molecule has 2 rings (SSSR count). The van der Waals surface area contributed by atoms with Crippen LogP contribution in [0.4, 0.5) is 0 Å². The maximum atomic E-state index is 6.03. The van der Waals surface area contributed by atoms with Gasteiger partial charge in [0.1, 0.15) is 4.64 Å². The topological polar surface area (TPSA) is 28.7 Å². The zero-order chi connectivity index (χ0) is 12.0. The van der Waals surface area contributed by atoms with E-state index in [-0.39, 0.29) is 25.2 Å². The number of halogens is 5. The third-order valence-electron chi connectivity index (χ3n) is 1.96. The minimum atomic E-state index is 0.130. The molecule has 0 unspecified atom stereocenters. The van der Waals surface area contributed by atoms with Gasteiger partial charge < -0.3 is 0 Å². The number of fused-ring (bicyclic) bond motifs is 1. The molecule has 84 valence electrons. The summed E-state index contributed by atoms with van der Waals surface area (Å²) < 4.78 is 0.296. The average molecular weight is 334 g/mol. The summed E-state index contributed by atoms with van der Waals surface area (Å²) in [5.74, 6) is 0. The van der Waals surface area contributed by atoms with Gasteiger partial charge in [-0.3, -0.25) is 5.10 Å². The number of hydrogen-bond acceptors (Lipinski definition) is 2. The van der Waals surface area contributed by atoms with Crippen LogP contribution in [-0.2, 0) is 0 Å². The van der Waals surface area contributed by atoms with Crippen LogP contribution in [-0.4, -0.2) is 10.2 Å². The van der Waals surface area contributed by atoms with E-state index >= 15 is 0 Å². The van der Waals surface area contributed by atoms with Crippen molar-refractivity contribution in [3.05, 3.63) is 29.9 Å². The molecule has 0 bridgehead atoms. The number of nitrogens with one attached hydrogen (secondary N) is 1. The summed E-state index contributed by atoms with van der Waals surface area (Å²) in [7, 11) is 0. The Hall–Kier alpha value is 0.230. The molecular formula is C8HCl5N2S. The molecule has 1 heterocycles. The van der Waals surface area contributed by atoms with Gasteiger partial charge in [0.2, 0.25) is 0 Å². The molecule has 0 spiro atoms. The van der Waals surface area contributed by atoms with Gasteiger partial charge >= 0.3 is 0 Å². The highest BCUT2D eigenvalue weighted by molar-refractivity contribution is 7.71. The maximum Gasteiger partial charge on any atom is 0.158 e. The van der Waals surface area contributed by atoms with Crippen LogP contribution < -0.4 is 0 Å². The predicted molar refractivity (Wildman–Crippen MR) is 72.0 cm³/mol. The van der Waals surface area contributed by atoms with Crippen LogP contribution in [0.2, 0.25) is 25.2 Å². The van der Waals surface area contributed by atoms with Crippen molar-refractivity contribution in [2.45, 2.75) is 0 Å². The standard InChI is InChI=1S/C8HCl5N2S/c9-3-1-2(4(10)6(12)5(3)11)8(16)15-14-7(1)13/h(H,15,16). The monoisotopic (exact) mass is 332 g/mol. The number of benzene rings is 1. The minimum Gasteiger partial charge on any atom is -0.266 e. The molecule has 0 saturated heterocycles. The van der Waals surface area contributed by atoms with Gasteiger partial charge in [-0.05, 0) is 0 Å². The Morgan fingerprint density at radius 2 is 1.31 bits per heavy atom. The molecule has 0 fully saturated rings. The Kier molecular flexibility index (Phi) is 3.55. The van der Waals surface area contributed by atoms with Crippen molar-refractivity contribution in [2.75, 3.05) is 0 Å². The smallest absolute Gasteiger partial charge is 0.158 e. The lowest BCUT2D eigenvalue weighted by molar-refractivity contribution is 1.04. The molecule has 8 heteroatoms. The highest BCUT2D eigenvalue weighted by Crippen LogP contribution is 2.44. The van der Waals surface area contributed by atoms with E-state index in [1.165, 1.54) is 0 Å². The largest absolute Gasteiger partial charge is 0.266 e. The zero-order valence-corrected chi connectivity index (χ0v) is 11.8. The quantitative estimate of drug-likeness (QED) is 0.388. The van der Waals surface area contributed by atoms with Crippen molar-refractivity contribution < 1.29 is 0 Å². The molecule has 2 aromatic rings. The Labute approximate surface area is 120 Å². The lowest BCUT2D eigenvalue weighted by Crippen LogP contribution is -1.90. The van der Waals surface area contributed by atoms with Crippen LogP contribution in [0.5, 0.6) is 0 Å². The second-order valence-electron chi connectivity index (χ2n) is 2.85. The van der Waals surface area contributed by atoms with Gasteiger partial charge in [-0.1, -0.05) is 70.2 Å². The van der Waals surface area contributed by atoms with Gasteiger partial charge in [0.25, 0.3) is 0 Å². The number of rotatable bonds is 0. The second kappa shape index (κ2) is 4.48. The fourth-order valence-electron chi connectivity index (χ4n) is 1.25. The Balaban J connectivity index is 3.20. The highest BCUT2D eigenvalue weighted by Gasteiger charge is 2.18. The van der Waals surface area contributed by atoms with Gasteiger partial charge in [-0.25, -0.2) is 0 Å². The van der Waals surface area contributed by atoms with Crippen molar-refractivity contribution in [3.8, 4) is 0 Å². The molecule has 0 atom stereocenters. The Morgan fingerprint density at radius 3 is 1.88 bits per heavy atom.